The molecule has 0 aliphatic heterocycles. The fraction of sp³-hybridized carbons (Fsp3) is 0.300. The molecule has 0 saturated carbocycles. The van der Waals surface area contributed by atoms with Gasteiger partial charge in [0.2, 0.25) is 0 Å². The van der Waals surface area contributed by atoms with Crippen LogP contribution in [-0.2, 0) is 9.53 Å². The molecule has 1 atom stereocenters. The van der Waals surface area contributed by atoms with E-state index < -0.39 is 23.4 Å². The Bertz CT molecular complexity index is 892. The van der Waals surface area contributed by atoms with Crippen molar-refractivity contribution in [3.63, 3.8) is 0 Å². The minimum Gasteiger partial charge on any atom is -0.452 e. The highest BCUT2D eigenvalue weighted by atomic mass is 16.6. The fourth-order valence-corrected chi connectivity index (χ4v) is 2.60. The van der Waals surface area contributed by atoms with Crippen LogP contribution in [0.2, 0.25) is 0 Å². The van der Waals surface area contributed by atoms with Crippen molar-refractivity contribution in [3.05, 3.63) is 74.3 Å². The molecule has 1 N–H and O–H groups in total. The molecule has 7 heteroatoms. The molecule has 0 saturated heterocycles. The van der Waals surface area contributed by atoms with Crippen LogP contribution >= 0.6 is 0 Å². The Labute approximate surface area is 157 Å². The number of carbonyl (C=O) groups excluding carboxylic acids is 2. The van der Waals surface area contributed by atoms with E-state index in [-0.39, 0.29) is 17.3 Å². The van der Waals surface area contributed by atoms with Crippen LogP contribution in [0.15, 0.2) is 36.4 Å². The quantitative estimate of drug-likeness (QED) is 0.476. The third-order valence-electron chi connectivity index (χ3n) is 4.37. The van der Waals surface area contributed by atoms with E-state index in [2.05, 4.69) is 5.32 Å². The maximum Gasteiger partial charge on any atom is 0.338 e. The highest BCUT2D eigenvalue weighted by Crippen LogP contribution is 2.19. The fourth-order valence-electron chi connectivity index (χ4n) is 2.60. The van der Waals surface area contributed by atoms with Crippen molar-refractivity contribution < 1.29 is 19.2 Å². The molecular formula is C20H22N2O5. The van der Waals surface area contributed by atoms with Gasteiger partial charge in [-0.3, -0.25) is 14.9 Å². The standard InChI is InChI=1S/C20H22N2O5/c1-12-5-6-16(9-13(12)2)15(4)21-19(23)11-27-20(24)17-7-8-18(22(25)26)14(3)10-17/h5-10,15H,11H2,1-4H3,(H,21,23)/t15-/m1/s1. The second kappa shape index (κ2) is 8.44. The number of nitro benzene ring substituents is 1. The molecule has 2 rings (SSSR count). The normalized spacial score (nSPS) is 11.6. The highest BCUT2D eigenvalue weighted by Gasteiger charge is 2.16. The van der Waals surface area contributed by atoms with Crippen molar-refractivity contribution in [2.24, 2.45) is 0 Å². The zero-order valence-corrected chi connectivity index (χ0v) is 15.7. The number of rotatable bonds is 6. The van der Waals surface area contributed by atoms with Gasteiger partial charge in [0.1, 0.15) is 0 Å². The van der Waals surface area contributed by atoms with Gasteiger partial charge in [-0.25, -0.2) is 4.79 Å². The Balaban J connectivity index is 1.92. The number of amides is 1. The third-order valence-corrected chi connectivity index (χ3v) is 4.37. The lowest BCUT2D eigenvalue weighted by Crippen LogP contribution is -2.31. The number of hydrogen-bond acceptors (Lipinski definition) is 5. The zero-order valence-electron chi connectivity index (χ0n) is 15.7. The summed E-state index contributed by atoms with van der Waals surface area (Å²) >= 11 is 0. The summed E-state index contributed by atoms with van der Waals surface area (Å²) in [5, 5.41) is 13.6. The molecule has 0 bridgehead atoms. The average Bonchev–Trinajstić information content (AvgIpc) is 2.61. The average molecular weight is 370 g/mol. The first kappa shape index (κ1) is 20.1. The number of ether oxygens (including phenoxy) is 1. The van der Waals surface area contributed by atoms with Crippen LogP contribution in [0.1, 0.15) is 45.6 Å². The summed E-state index contributed by atoms with van der Waals surface area (Å²) in [4.78, 5) is 34.4. The molecule has 0 fully saturated rings. The summed E-state index contributed by atoms with van der Waals surface area (Å²) in [5.41, 5.74) is 3.70. The first-order valence-corrected chi connectivity index (χ1v) is 8.47. The predicted molar refractivity (Wildman–Crippen MR) is 101 cm³/mol. The molecular weight excluding hydrogens is 348 g/mol. The first-order valence-electron chi connectivity index (χ1n) is 8.47. The summed E-state index contributed by atoms with van der Waals surface area (Å²) in [6.07, 6.45) is 0. The Kier molecular flexibility index (Phi) is 6.28. The second-order valence-electron chi connectivity index (χ2n) is 6.47. The Hall–Kier alpha value is -3.22. The molecule has 2 aromatic rings. The van der Waals surface area contributed by atoms with Crippen molar-refractivity contribution >= 4 is 17.6 Å². The molecule has 0 aliphatic carbocycles. The molecule has 0 unspecified atom stereocenters. The van der Waals surface area contributed by atoms with Crippen molar-refractivity contribution in [2.75, 3.05) is 6.61 Å². The molecule has 0 spiro atoms. The molecule has 2 aromatic carbocycles. The number of nitrogens with one attached hydrogen (secondary N) is 1. The second-order valence-corrected chi connectivity index (χ2v) is 6.47. The summed E-state index contributed by atoms with van der Waals surface area (Å²) in [5.74, 6) is -1.13. The number of aryl methyl sites for hydroxylation is 3. The van der Waals surface area contributed by atoms with Crippen LogP contribution in [0.4, 0.5) is 5.69 Å². The van der Waals surface area contributed by atoms with Gasteiger partial charge in [-0.05, 0) is 56.5 Å². The summed E-state index contributed by atoms with van der Waals surface area (Å²) in [6.45, 7) is 6.98. The zero-order chi connectivity index (χ0) is 20.1. The van der Waals surface area contributed by atoms with Crippen molar-refractivity contribution in [2.45, 2.75) is 33.7 Å². The lowest BCUT2D eigenvalue weighted by molar-refractivity contribution is -0.385. The van der Waals surface area contributed by atoms with E-state index in [1.807, 2.05) is 39.0 Å². The van der Waals surface area contributed by atoms with Crippen LogP contribution in [-0.4, -0.2) is 23.4 Å². The maximum atomic E-state index is 12.0. The number of nitrogens with zero attached hydrogens (tertiary/aromatic N) is 1. The summed E-state index contributed by atoms with van der Waals surface area (Å²) in [7, 11) is 0. The van der Waals surface area contributed by atoms with Crippen molar-refractivity contribution in [1.29, 1.82) is 0 Å². The lowest BCUT2D eigenvalue weighted by atomic mass is 10.0. The van der Waals surface area contributed by atoms with E-state index in [4.69, 9.17) is 4.74 Å². The Morgan fingerprint density at radius 1 is 1.07 bits per heavy atom. The number of hydrogen-bond donors (Lipinski definition) is 1. The molecule has 0 radical (unpaired) electrons. The predicted octanol–water partition coefficient (Wildman–Crippen LogP) is 3.55. The molecule has 27 heavy (non-hydrogen) atoms. The van der Waals surface area contributed by atoms with Gasteiger partial charge >= 0.3 is 5.97 Å². The van der Waals surface area contributed by atoms with Crippen LogP contribution in [0.5, 0.6) is 0 Å². The topological polar surface area (TPSA) is 98.5 Å². The molecule has 0 aliphatic rings. The van der Waals surface area contributed by atoms with Crippen LogP contribution in [0.25, 0.3) is 0 Å². The molecule has 0 heterocycles. The third kappa shape index (κ3) is 5.13. The molecule has 7 nitrogen and oxygen atoms in total. The number of esters is 1. The van der Waals surface area contributed by atoms with E-state index in [9.17, 15) is 19.7 Å². The van der Waals surface area contributed by atoms with Gasteiger partial charge < -0.3 is 10.1 Å². The Morgan fingerprint density at radius 2 is 1.78 bits per heavy atom. The summed E-state index contributed by atoms with van der Waals surface area (Å²) in [6, 6.07) is 9.64. The smallest absolute Gasteiger partial charge is 0.338 e. The lowest BCUT2D eigenvalue weighted by Gasteiger charge is -2.16. The van der Waals surface area contributed by atoms with E-state index in [1.54, 1.807) is 0 Å². The Morgan fingerprint density at radius 3 is 2.37 bits per heavy atom. The van der Waals surface area contributed by atoms with Gasteiger partial charge in [0.05, 0.1) is 16.5 Å². The molecule has 142 valence electrons. The van der Waals surface area contributed by atoms with E-state index >= 15 is 0 Å². The van der Waals surface area contributed by atoms with Gasteiger partial charge in [-0.2, -0.15) is 0 Å². The SMILES string of the molecule is Cc1ccc([C@@H](C)NC(=O)COC(=O)c2ccc([N+](=O)[O-])c(C)c2)cc1C. The number of carbonyl (C=O) groups is 2. The van der Waals surface area contributed by atoms with Crippen LogP contribution in [0.3, 0.4) is 0 Å². The highest BCUT2D eigenvalue weighted by molar-refractivity contribution is 5.91. The van der Waals surface area contributed by atoms with E-state index in [0.29, 0.717) is 5.56 Å². The molecule has 1 amide bonds. The number of nitro groups is 1. The molecule has 0 aromatic heterocycles. The van der Waals surface area contributed by atoms with Gasteiger partial charge in [0.15, 0.2) is 6.61 Å². The number of benzene rings is 2. The van der Waals surface area contributed by atoms with E-state index in [1.165, 1.54) is 30.7 Å². The minimum absolute atomic E-state index is 0.0773. The largest absolute Gasteiger partial charge is 0.452 e. The van der Waals surface area contributed by atoms with E-state index in [0.717, 1.165) is 11.1 Å². The van der Waals surface area contributed by atoms with Crippen molar-refractivity contribution in [1.82, 2.24) is 5.32 Å². The van der Waals surface area contributed by atoms with Gasteiger partial charge in [0.25, 0.3) is 11.6 Å². The first-order chi connectivity index (χ1) is 12.7. The van der Waals surface area contributed by atoms with Gasteiger partial charge in [0, 0.05) is 11.6 Å². The van der Waals surface area contributed by atoms with Gasteiger partial charge in [-0.1, -0.05) is 18.2 Å². The monoisotopic (exact) mass is 370 g/mol. The van der Waals surface area contributed by atoms with Gasteiger partial charge in [-0.15, -0.1) is 0 Å². The summed E-state index contributed by atoms with van der Waals surface area (Å²) < 4.78 is 5.00. The van der Waals surface area contributed by atoms with Crippen LogP contribution < -0.4 is 5.32 Å². The van der Waals surface area contributed by atoms with Crippen LogP contribution in [0, 0.1) is 30.9 Å². The maximum absolute atomic E-state index is 12.0. The van der Waals surface area contributed by atoms with Crippen molar-refractivity contribution in [3.8, 4) is 0 Å². The minimum atomic E-state index is -0.706.